The van der Waals surface area contributed by atoms with Crippen LogP contribution in [0.1, 0.15) is 18.6 Å². The first-order chi connectivity index (χ1) is 8.61. The molecule has 1 aliphatic rings. The van der Waals surface area contributed by atoms with Crippen LogP contribution in [0, 0.1) is 11.3 Å². The van der Waals surface area contributed by atoms with Crippen molar-refractivity contribution in [3.63, 3.8) is 0 Å². The number of hydrogen-bond acceptors (Lipinski definition) is 4. The summed E-state index contributed by atoms with van der Waals surface area (Å²) in [7, 11) is 0. The summed E-state index contributed by atoms with van der Waals surface area (Å²) in [4.78, 5) is 2.03. The molecule has 1 saturated heterocycles. The first-order valence-electron chi connectivity index (χ1n) is 5.85. The third-order valence-electron chi connectivity index (χ3n) is 3.01. The minimum atomic E-state index is -0.534. The lowest BCUT2D eigenvalue weighted by molar-refractivity contribution is 0.0764. The van der Waals surface area contributed by atoms with Crippen LogP contribution >= 0.6 is 11.6 Å². The smallest absolute Gasteiger partial charge is 0.161 e. The molecule has 0 radical (unpaired) electrons. The Morgan fingerprint density at radius 2 is 2.39 bits per heavy atom. The highest BCUT2D eigenvalue weighted by atomic mass is 35.5. The molecule has 0 spiro atoms. The molecule has 0 saturated carbocycles. The number of nitriles is 1. The largest absolute Gasteiger partial charge is 0.389 e. The van der Waals surface area contributed by atoms with Crippen molar-refractivity contribution >= 4 is 17.3 Å². The lowest BCUT2D eigenvalue weighted by atomic mass is 10.1. The number of morpholine rings is 1. The predicted octanol–water partition coefficient (Wildman–Crippen LogP) is 2.12. The standard InChI is InChI=1S/C13H15ClN2O2/c1-9(17)10-2-3-13(12(14)6-10)16-4-5-18-11(7-15)8-16/h2-3,6,9,11,17H,4-5,8H2,1H3/t9-,11?/m0/s1. The van der Waals surface area contributed by atoms with E-state index in [1.165, 1.54) is 0 Å². The Morgan fingerprint density at radius 3 is 3.00 bits per heavy atom. The average Bonchev–Trinajstić information content (AvgIpc) is 2.38. The topological polar surface area (TPSA) is 56.5 Å². The molecule has 0 amide bonds. The van der Waals surface area contributed by atoms with E-state index in [2.05, 4.69) is 6.07 Å². The number of rotatable bonds is 2. The molecular weight excluding hydrogens is 252 g/mol. The highest BCUT2D eigenvalue weighted by Crippen LogP contribution is 2.30. The Labute approximate surface area is 111 Å². The number of aliphatic hydroxyl groups excluding tert-OH is 1. The molecule has 1 N–H and O–H groups in total. The van der Waals surface area contributed by atoms with E-state index in [1.54, 1.807) is 13.0 Å². The van der Waals surface area contributed by atoms with Crippen molar-refractivity contribution in [3.05, 3.63) is 28.8 Å². The second kappa shape index (κ2) is 5.57. The number of ether oxygens (including phenoxy) is 1. The molecule has 1 unspecified atom stereocenters. The minimum Gasteiger partial charge on any atom is -0.389 e. The highest BCUT2D eigenvalue weighted by molar-refractivity contribution is 6.33. The van der Waals surface area contributed by atoms with Crippen molar-refractivity contribution < 1.29 is 9.84 Å². The molecule has 0 bridgehead atoms. The summed E-state index contributed by atoms with van der Waals surface area (Å²) < 4.78 is 5.29. The maximum atomic E-state index is 9.49. The van der Waals surface area contributed by atoms with Crippen LogP contribution in [0.3, 0.4) is 0 Å². The van der Waals surface area contributed by atoms with E-state index >= 15 is 0 Å². The maximum absolute atomic E-state index is 9.49. The van der Waals surface area contributed by atoms with Gasteiger partial charge in [0.1, 0.15) is 0 Å². The zero-order chi connectivity index (χ0) is 13.1. The molecule has 0 aromatic heterocycles. The average molecular weight is 267 g/mol. The van der Waals surface area contributed by atoms with E-state index in [4.69, 9.17) is 21.6 Å². The highest BCUT2D eigenvalue weighted by Gasteiger charge is 2.21. The molecule has 18 heavy (non-hydrogen) atoms. The van der Waals surface area contributed by atoms with E-state index in [0.717, 1.165) is 11.3 Å². The molecule has 2 rings (SSSR count). The Hall–Kier alpha value is -1.28. The third kappa shape index (κ3) is 2.75. The fourth-order valence-electron chi connectivity index (χ4n) is 1.99. The zero-order valence-corrected chi connectivity index (χ0v) is 10.9. The van der Waals surface area contributed by atoms with Gasteiger partial charge < -0.3 is 14.7 Å². The molecule has 96 valence electrons. The number of halogens is 1. The van der Waals surface area contributed by atoms with Crippen LogP contribution in [-0.4, -0.2) is 30.9 Å². The Balaban J connectivity index is 2.21. The van der Waals surface area contributed by atoms with Crippen LogP contribution in [0.25, 0.3) is 0 Å². The summed E-state index contributed by atoms with van der Waals surface area (Å²) in [6, 6.07) is 7.60. The number of aliphatic hydroxyl groups is 1. The van der Waals surface area contributed by atoms with Crippen molar-refractivity contribution in [1.29, 1.82) is 5.26 Å². The van der Waals surface area contributed by atoms with Gasteiger partial charge in [0.25, 0.3) is 0 Å². The number of nitrogens with zero attached hydrogens (tertiary/aromatic N) is 2. The van der Waals surface area contributed by atoms with Gasteiger partial charge in [-0.25, -0.2) is 0 Å². The summed E-state index contributed by atoms with van der Waals surface area (Å²) in [5.41, 5.74) is 1.67. The predicted molar refractivity (Wildman–Crippen MR) is 69.7 cm³/mol. The van der Waals surface area contributed by atoms with E-state index < -0.39 is 12.2 Å². The Bertz CT molecular complexity index is 471. The summed E-state index contributed by atoms with van der Waals surface area (Å²) in [5, 5.41) is 19.0. The van der Waals surface area contributed by atoms with Gasteiger partial charge in [-0.05, 0) is 24.6 Å². The van der Waals surface area contributed by atoms with Crippen LogP contribution in [-0.2, 0) is 4.74 Å². The van der Waals surface area contributed by atoms with Gasteiger partial charge in [-0.2, -0.15) is 5.26 Å². The molecule has 1 aromatic carbocycles. The quantitative estimate of drug-likeness (QED) is 0.891. The second-order valence-electron chi connectivity index (χ2n) is 4.32. The summed E-state index contributed by atoms with van der Waals surface area (Å²) in [6.07, 6.45) is -0.945. The van der Waals surface area contributed by atoms with Crippen LogP contribution in [0.4, 0.5) is 5.69 Å². The Morgan fingerprint density at radius 1 is 1.61 bits per heavy atom. The molecule has 1 heterocycles. The maximum Gasteiger partial charge on any atom is 0.161 e. The summed E-state index contributed by atoms with van der Waals surface area (Å²) in [5.74, 6) is 0. The van der Waals surface area contributed by atoms with Gasteiger partial charge in [0, 0.05) is 6.54 Å². The monoisotopic (exact) mass is 266 g/mol. The van der Waals surface area contributed by atoms with Crippen LogP contribution in [0.5, 0.6) is 0 Å². The summed E-state index contributed by atoms with van der Waals surface area (Å²) in [6.45, 7) is 3.45. The van der Waals surface area contributed by atoms with E-state index in [-0.39, 0.29) is 0 Å². The number of benzene rings is 1. The van der Waals surface area contributed by atoms with Crippen LogP contribution in [0.15, 0.2) is 18.2 Å². The van der Waals surface area contributed by atoms with Crippen molar-refractivity contribution in [2.24, 2.45) is 0 Å². The first kappa shape index (κ1) is 13.2. The minimum absolute atomic E-state index is 0.411. The van der Waals surface area contributed by atoms with E-state index in [1.807, 2.05) is 17.0 Å². The van der Waals surface area contributed by atoms with E-state index in [9.17, 15) is 5.11 Å². The molecule has 1 aliphatic heterocycles. The SMILES string of the molecule is C[C@H](O)c1ccc(N2CCOC(C#N)C2)c(Cl)c1. The van der Waals surface area contributed by atoms with Gasteiger partial charge in [-0.1, -0.05) is 17.7 Å². The van der Waals surface area contributed by atoms with Gasteiger partial charge in [0.05, 0.1) is 36.0 Å². The van der Waals surface area contributed by atoms with Crippen LogP contribution in [0.2, 0.25) is 5.02 Å². The number of anilines is 1. The van der Waals surface area contributed by atoms with Gasteiger partial charge in [0.2, 0.25) is 0 Å². The molecule has 5 heteroatoms. The molecule has 4 nitrogen and oxygen atoms in total. The zero-order valence-electron chi connectivity index (χ0n) is 10.1. The number of hydrogen-bond donors (Lipinski definition) is 1. The lowest BCUT2D eigenvalue weighted by Crippen LogP contribution is -2.42. The van der Waals surface area contributed by atoms with E-state index in [0.29, 0.717) is 24.7 Å². The van der Waals surface area contributed by atoms with Gasteiger partial charge in [-0.15, -0.1) is 0 Å². The van der Waals surface area contributed by atoms with Gasteiger partial charge >= 0.3 is 0 Å². The lowest BCUT2D eigenvalue weighted by Gasteiger charge is -2.32. The van der Waals surface area contributed by atoms with Crippen molar-refractivity contribution in [2.75, 3.05) is 24.6 Å². The van der Waals surface area contributed by atoms with Crippen LogP contribution < -0.4 is 4.90 Å². The normalized spacial score (nSPS) is 21.4. The molecule has 1 aromatic rings. The van der Waals surface area contributed by atoms with Crippen molar-refractivity contribution in [3.8, 4) is 6.07 Å². The summed E-state index contributed by atoms with van der Waals surface area (Å²) >= 11 is 6.22. The van der Waals surface area contributed by atoms with Crippen molar-refractivity contribution in [2.45, 2.75) is 19.1 Å². The fraction of sp³-hybridized carbons (Fsp3) is 0.462. The van der Waals surface area contributed by atoms with Gasteiger partial charge in [0.15, 0.2) is 6.10 Å². The molecule has 1 fully saturated rings. The molecule has 0 aliphatic carbocycles. The first-order valence-corrected chi connectivity index (χ1v) is 6.23. The molecular formula is C13H15ClN2O2. The third-order valence-corrected chi connectivity index (χ3v) is 3.31. The Kier molecular flexibility index (Phi) is 4.07. The second-order valence-corrected chi connectivity index (χ2v) is 4.73. The van der Waals surface area contributed by atoms with Gasteiger partial charge in [-0.3, -0.25) is 0 Å². The van der Waals surface area contributed by atoms with Crippen molar-refractivity contribution in [1.82, 2.24) is 0 Å². The molecule has 2 atom stereocenters. The fourth-order valence-corrected chi connectivity index (χ4v) is 2.29.